The molecule has 1 heterocycles. The third kappa shape index (κ3) is 2.80. The van der Waals surface area contributed by atoms with Gasteiger partial charge in [0, 0.05) is 19.4 Å². The molecule has 1 N–H and O–H groups in total. The largest absolute Gasteiger partial charge is 0.497 e. The minimum atomic E-state index is -0.870. The Morgan fingerprint density at radius 2 is 1.80 bits per heavy atom. The van der Waals surface area contributed by atoms with Gasteiger partial charge in [0.2, 0.25) is 0 Å². The molecular weight excluding hydrogens is 260 g/mol. The number of aryl methyl sites for hydroxylation is 1. The zero-order chi connectivity index (χ0) is 14.7. The van der Waals surface area contributed by atoms with Crippen molar-refractivity contribution < 1.29 is 9.84 Å². The van der Waals surface area contributed by atoms with E-state index in [1.54, 1.807) is 31.4 Å². The molecule has 1 unspecified atom stereocenters. The molecule has 0 aliphatic carbocycles. The van der Waals surface area contributed by atoms with Gasteiger partial charge in [-0.2, -0.15) is 0 Å². The molecule has 0 fully saturated rings. The number of rotatable bonds is 4. The van der Waals surface area contributed by atoms with Crippen LogP contribution in [0.25, 0.3) is 0 Å². The van der Waals surface area contributed by atoms with Gasteiger partial charge in [0.1, 0.15) is 5.75 Å². The van der Waals surface area contributed by atoms with Gasteiger partial charge < -0.3 is 19.0 Å². The van der Waals surface area contributed by atoms with E-state index < -0.39 is 17.2 Å². The Balaban J connectivity index is 2.23. The molecule has 2 aromatic rings. The molecule has 0 bridgehead atoms. The van der Waals surface area contributed by atoms with E-state index in [1.165, 1.54) is 28.6 Å². The van der Waals surface area contributed by atoms with E-state index in [-0.39, 0.29) is 6.54 Å². The van der Waals surface area contributed by atoms with E-state index >= 15 is 0 Å². The fourth-order valence-corrected chi connectivity index (χ4v) is 1.85. The molecule has 0 aliphatic rings. The van der Waals surface area contributed by atoms with Gasteiger partial charge in [-0.15, -0.1) is 0 Å². The van der Waals surface area contributed by atoms with E-state index in [1.807, 2.05) is 0 Å². The molecule has 0 amide bonds. The van der Waals surface area contributed by atoms with Crippen molar-refractivity contribution in [2.75, 3.05) is 7.11 Å². The first-order valence-electron chi connectivity index (χ1n) is 6.11. The first-order chi connectivity index (χ1) is 9.52. The van der Waals surface area contributed by atoms with Crippen LogP contribution in [-0.4, -0.2) is 21.4 Å². The standard InChI is InChI=1S/C14H16N2O4/c1-15-7-8-16(14(19)13(15)18)9-12(17)10-3-5-11(20-2)6-4-10/h3-8,12,17H,9H2,1-2H3. The monoisotopic (exact) mass is 276 g/mol. The highest BCUT2D eigenvalue weighted by atomic mass is 16.5. The van der Waals surface area contributed by atoms with Crippen LogP contribution in [0.4, 0.5) is 0 Å². The van der Waals surface area contributed by atoms with Crippen LogP contribution < -0.4 is 15.9 Å². The summed E-state index contributed by atoms with van der Waals surface area (Å²) in [6, 6.07) is 6.89. The number of methoxy groups -OCH3 is 1. The number of aromatic nitrogens is 2. The second-order valence-electron chi connectivity index (χ2n) is 4.46. The maximum absolute atomic E-state index is 11.8. The lowest BCUT2D eigenvalue weighted by atomic mass is 10.1. The summed E-state index contributed by atoms with van der Waals surface area (Å²) in [6.07, 6.45) is 2.10. The topological polar surface area (TPSA) is 73.5 Å². The van der Waals surface area contributed by atoms with Crippen LogP contribution in [0.3, 0.4) is 0 Å². The van der Waals surface area contributed by atoms with Crippen LogP contribution in [0.15, 0.2) is 46.2 Å². The Morgan fingerprint density at radius 1 is 1.15 bits per heavy atom. The van der Waals surface area contributed by atoms with Crippen molar-refractivity contribution in [1.29, 1.82) is 0 Å². The van der Waals surface area contributed by atoms with E-state index in [0.717, 1.165) is 0 Å². The Morgan fingerprint density at radius 3 is 2.40 bits per heavy atom. The van der Waals surface area contributed by atoms with Gasteiger partial charge in [-0.05, 0) is 17.7 Å². The third-order valence-electron chi connectivity index (χ3n) is 3.10. The molecule has 2 rings (SSSR count). The van der Waals surface area contributed by atoms with Gasteiger partial charge in [-0.1, -0.05) is 12.1 Å². The molecule has 1 atom stereocenters. The second-order valence-corrected chi connectivity index (χ2v) is 4.46. The Labute approximate surface area is 115 Å². The Bertz CT molecular complexity index is 700. The van der Waals surface area contributed by atoms with Crippen LogP contribution >= 0.6 is 0 Å². The quantitative estimate of drug-likeness (QED) is 0.815. The summed E-state index contributed by atoms with van der Waals surface area (Å²) in [5.74, 6) is 0.687. The molecule has 0 saturated heterocycles. The number of aliphatic hydroxyl groups is 1. The van der Waals surface area contributed by atoms with Gasteiger partial charge in [-0.25, -0.2) is 0 Å². The Kier molecular flexibility index (Phi) is 4.05. The summed E-state index contributed by atoms with van der Waals surface area (Å²) in [6.45, 7) is 0.0290. The molecule has 106 valence electrons. The SMILES string of the molecule is COc1ccc(C(O)Cn2ccn(C)c(=O)c2=O)cc1. The fourth-order valence-electron chi connectivity index (χ4n) is 1.85. The minimum Gasteiger partial charge on any atom is -0.497 e. The zero-order valence-electron chi connectivity index (χ0n) is 11.3. The average molecular weight is 276 g/mol. The fraction of sp³-hybridized carbons (Fsp3) is 0.286. The molecule has 1 aromatic carbocycles. The molecule has 1 aromatic heterocycles. The Hall–Kier alpha value is -2.34. The molecule has 6 heteroatoms. The molecule has 0 aliphatic heterocycles. The van der Waals surface area contributed by atoms with Crippen LogP contribution in [-0.2, 0) is 13.6 Å². The minimum absolute atomic E-state index is 0.0290. The van der Waals surface area contributed by atoms with Crippen molar-refractivity contribution in [2.45, 2.75) is 12.6 Å². The van der Waals surface area contributed by atoms with Crippen LogP contribution in [0.1, 0.15) is 11.7 Å². The number of nitrogens with zero attached hydrogens (tertiary/aromatic N) is 2. The zero-order valence-corrected chi connectivity index (χ0v) is 11.3. The first kappa shape index (κ1) is 14.1. The second kappa shape index (κ2) is 5.75. The lowest BCUT2D eigenvalue weighted by molar-refractivity contribution is 0.154. The smallest absolute Gasteiger partial charge is 0.316 e. The van der Waals surface area contributed by atoms with E-state index in [9.17, 15) is 14.7 Å². The predicted molar refractivity (Wildman–Crippen MR) is 73.9 cm³/mol. The van der Waals surface area contributed by atoms with Gasteiger partial charge >= 0.3 is 11.1 Å². The molecule has 0 radical (unpaired) electrons. The number of ether oxygens (including phenoxy) is 1. The summed E-state index contributed by atoms with van der Waals surface area (Å²) >= 11 is 0. The number of benzene rings is 1. The molecular formula is C14H16N2O4. The van der Waals surface area contributed by atoms with Crippen LogP contribution in [0.2, 0.25) is 0 Å². The van der Waals surface area contributed by atoms with Crippen molar-refractivity contribution in [3.05, 3.63) is 62.9 Å². The van der Waals surface area contributed by atoms with Gasteiger partial charge in [0.25, 0.3) is 0 Å². The van der Waals surface area contributed by atoms with Crippen molar-refractivity contribution in [3.63, 3.8) is 0 Å². The number of hydrogen-bond acceptors (Lipinski definition) is 4. The van der Waals surface area contributed by atoms with Crippen molar-refractivity contribution >= 4 is 0 Å². The highest BCUT2D eigenvalue weighted by molar-refractivity contribution is 5.28. The molecule has 20 heavy (non-hydrogen) atoms. The molecule has 0 spiro atoms. The van der Waals surface area contributed by atoms with Crippen molar-refractivity contribution in [1.82, 2.24) is 9.13 Å². The summed E-state index contributed by atoms with van der Waals surface area (Å²) in [5, 5.41) is 10.1. The summed E-state index contributed by atoms with van der Waals surface area (Å²) in [7, 11) is 3.07. The molecule has 0 saturated carbocycles. The highest BCUT2D eigenvalue weighted by Gasteiger charge is 2.11. The normalized spacial score (nSPS) is 12.2. The van der Waals surface area contributed by atoms with E-state index in [4.69, 9.17) is 4.74 Å². The first-order valence-corrected chi connectivity index (χ1v) is 6.11. The van der Waals surface area contributed by atoms with Crippen molar-refractivity contribution in [2.24, 2.45) is 7.05 Å². The van der Waals surface area contributed by atoms with Gasteiger partial charge in [0.05, 0.1) is 19.8 Å². The maximum Gasteiger partial charge on any atom is 0.316 e. The van der Waals surface area contributed by atoms with Crippen LogP contribution in [0, 0.1) is 0 Å². The van der Waals surface area contributed by atoms with Gasteiger partial charge in [-0.3, -0.25) is 9.59 Å². The predicted octanol–water partition coefficient (Wildman–Crippen LogP) is 0.289. The highest BCUT2D eigenvalue weighted by Crippen LogP contribution is 2.18. The number of hydrogen-bond donors (Lipinski definition) is 1. The summed E-state index contributed by atoms with van der Waals surface area (Å²) in [4.78, 5) is 23.3. The van der Waals surface area contributed by atoms with Gasteiger partial charge in [0.15, 0.2) is 0 Å². The summed E-state index contributed by atoms with van der Waals surface area (Å²) < 4.78 is 7.45. The number of aliphatic hydroxyl groups excluding tert-OH is 1. The van der Waals surface area contributed by atoms with E-state index in [2.05, 4.69) is 0 Å². The van der Waals surface area contributed by atoms with Crippen LogP contribution in [0.5, 0.6) is 5.75 Å². The van der Waals surface area contributed by atoms with Crippen molar-refractivity contribution in [3.8, 4) is 5.75 Å². The maximum atomic E-state index is 11.8. The lowest BCUT2D eigenvalue weighted by Crippen LogP contribution is -2.40. The lowest BCUT2D eigenvalue weighted by Gasteiger charge is -2.13. The average Bonchev–Trinajstić information content (AvgIpc) is 2.48. The molecule has 6 nitrogen and oxygen atoms in total. The van der Waals surface area contributed by atoms with E-state index in [0.29, 0.717) is 11.3 Å². The third-order valence-corrected chi connectivity index (χ3v) is 3.10. The summed E-state index contributed by atoms with van der Waals surface area (Å²) in [5.41, 5.74) is -0.615.